The molecule has 0 heterocycles. The lowest BCUT2D eigenvalue weighted by Gasteiger charge is -2.21. The number of hydrogen-bond donors (Lipinski definition) is 3. The van der Waals surface area contributed by atoms with E-state index in [2.05, 4.69) is 22.8 Å². The lowest BCUT2D eigenvalue weighted by Crippen LogP contribution is -2.50. The van der Waals surface area contributed by atoms with Crippen LogP contribution in [0, 0.1) is 5.92 Å². The van der Waals surface area contributed by atoms with Crippen LogP contribution in [0.25, 0.3) is 11.1 Å². The number of alkyl carbamates (subject to hydrolysis) is 1. The van der Waals surface area contributed by atoms with Crippen LogP contribution in [0.2, 0.25) is 0 Å². The Labute approximate surface area is 180 Å². The minimum atomic E-state index is -0.903. The molecule has 7 nitrogen and oxygen atoms in total. The number of benzene rings is 2. The van der Waals surface area contributed by atoms with Crippen molar-refractivity contribution in [3.05, 3.63) is 59.7 Å². The summed E-state index contributed by atoms with van der Waals surface area (Å²) in [6.07, 6.45) is 1.26. The molecular formula is C24H26N2O5. The highest BCUT2D eigenvalue weighted by molar-refractivity contribution is 5.86. The Kier molecular flexibility index (Phi) is 5.93. The van der Waals surface area contributed by atoms with Crippen molar-refractivity contribution in [2.75, 3.05) is 6.61 Å². The first-order valence-corrected chi connectivity index (χ1v) is 10.6. The molecule has 1 saturated carbocycles. The molecule has 2 unspecified atom stereocenters. The topological polar surface area (TPSA) is 105 Å². The maximum Gasteiger partial charge on any atom is 0.407 e. The largest absolute Gasteiger partial charge is 0.481 e. The van der Waals surface area contributed by atoms with E-state index in [4.69, 9.17) is 4.74 Å². The molecule has 0 spiro atoms. The lowest BCUT2D eigenvalue weighted by molar-refractivity contribution is -0.142. The number of ether oxygens (including phenoxy) is 1. The van der Waals surface area contributed by atoms with Crippen LogP contribution in [0.15, 0.2) is 48.5 Å². The summed E-state index contributed by atoms with van der Waals surface area (Å²) in [5.41, 5.74) is 4.51. The van der Waals surface area contributed by atoms with Gasteiger partial charge in [0.1, 0.15) is 12.6 Å². The van der Waals surface area contributed by atoms with Crippen LogP contribution in [0.3, 0.4) is 0 Å². The van der Waals surface area contributed by atoms with Crippen molar-refractivity contribution in [1.82, 2.24) is 10.6 Å². The molecule has 2 aromatic carbocycles. The van der Waals surface area contributed by atoms with Crippen LogP contribution >= 0.6 is 0 Å². The molecule has 0 bridgehead atoms. The fourth-order valence-corrected chi connectivity index (χ4v) is 4.62. The first kappa shape index (κ1) is 20.9. The van der Waals surface area contributed by atoms with Gasteiger partial charge in [-0.1, -0.05) is 55.0 Å². The number of carbonyl (C=O) groups is 3. The van der Waals surface area contributed by atoms with Crippen LogP contribution in [0.1, 0.15) is 43.2 Å². The van der Waals surface area contributed by atoms with E-state index in [1.54, 1.807) is 6.92 Å². The van der Waals surface area contributed by atoms with Gasteiger partial charge in [-0.3, -0.25) is 9.59 Å². The third-order valence-electron chi connectivity index (χ3n) is 6.23. The molecule has 2 aliphatic carbocycles. The van der Waals surface area contributed by atoms with Crippen LogP contribution in [0.5, 0.6) is 0 Å². The minimum absolute atomic E-state index is 0.0582. The first-order valence-electron chi connectivity index (χ1n) is 10.6. The van der Waals surface area contributed by atoms with Gasteiger partial charge < -0.3 is 20.5 Å². The summed E-state index contributed by atoms with van der Waals surface area (Å²) in [7, 11) is 0. The molecule has 0 aromatic heterocycles. The van der Waals surface area contributed by atoms with E-state index in [-0.39, 0.29) is 12.5 Å². The van der Waals surface area contributed by atoms with Gasteiger partial charge in [-0.2, -0.15) is 0 Å². The van der Waals surface area contributed by atoms with Crippen molar-refractivity contribution in [1.29, 1.82) is 0 Å². The number of fused-ring (bicyclic) bond motifs is 3. The Morgan fingerprint density at radius 1 is 1.03 bits per heavy atom. The third-order valence-corrected chi connectivity index (χ3v) is 6.23. The maximum atomic E-state index is 12.4. The van der Waals surface area contributed by atoms with Crippen molar-refractivity contribution < 1.29 is 24.2 Å². The van der Waals surface area contributed by atoms with Gasteiger partial charge in [-0.15, -0.1) is 0 Å². The van der Waals surface area contributed by atoms with Gasteiger partial charge in [-0.25, -0.2) is 4.79 Å². The zero-order valence-electron chi connectivity index (χ0n) is 17.3. The number of carbonyl (C=O) groups excluding carboxylic acids is 2. The number of amides is 2. The number of rotatable bonds is 6. The molecule has 2 aliphatic rings. The monoisotopic (exact) mass is 422 g/mol. The fourth-order valence-electron chi connectivity index (χ4n) is 4.62. The van der Waals surface area contributed by atoms with Gasteiger partial charge in [0.25, 0.3) is 0 Å². The standard InChI is InChI=1S/C24H26N2O5/c1-14(22(27)26-21-12-6-11-19(21)23(28)29)25-24(30)31-13-20-17-9-4-2-7-15(17)16-8-3-5-10-18(16)20/h2-5,7-10,14,19-21H,6,11-13H2,1H3,(H,25,30)(H,26,27)(H,28,29)/t14-,19?,21?/m1/s1. The number of nitrogens with one attached hydrogen (secondary N) is 2. The van der Waals surface area contributed by atoms with Gasteiger partial charge in [-0.05, 0) is 42.0 Å². The van der Waals surface area contributed by atoms with E-state index in [9.17, 15) is 19.5 Å². The molecule has 0 saturated heterocycles. The smallest absolute Gasteiger partial charge is 0.407 e. The molecule has 2 aromatic rings. The molecule has 4 rings (SSSR count). The quantitative estimate of drug-likeness (QED) is 0.663. The Hall–Kier alpha value is -3.35. The van der Waals surface area contributed by atoms with Crippen molar-refractivity contribution in [2.24, 2.45) is 5.92 Å². The van der Waals surface area contributed by atoms with E-state index in [1.165, 1.54) is 0 Å². The van der Waals surface area contributed by atoms with Crippen LogP contribution in [-0.4, -0.2) is 41.8 Å². The normalized spacial score (nSPS) is 20.4. The van der Waals surface area contributed by atoms with Crippen molar-refractivity contribution in [3.63, 3.8) is 0 Å². The number of carboxylic acids is 1. The van der Waals surface area contributed by atoms with Crippen LogP contribution in [0.4, 0.5) is 4.79 Å². The summed E-state index contributed by atoms with van der Waals surface area (Å²) in [6.45, 7) is 1.72. The molecule has 3 atom stereocenters. The second-order valence-corrected chi connectivity index (χ2v) is 8.18. The molecule has 0 radical (unpaired) electrons. The van der Waals surface area contributed by atoms with E-state index in [0.717, 1.165) is 28.7 Å². The molecule has 0 aliphatic heterocycles. The van der Waals surface area contributed by atoms with Gasteiger partial charge >= 0.3 is 12.1 Å². The summed E-state index contributed by atoms with van der Waals surface area (Å²) < 4.78 is 5.47. The summed E-state index contributed by atoms with van der Waals surface area (Å²) >= 11 is 0. The molecule has 1 fully saturated rings. The molecule has 31 heavy (non-hydrogen) atoms. The highest BCUT2D eigenvalue weighted by Gasteiger charge is 2.35. The van der Waals surface area contributed by atoms with Crippen LogP contribution in [-0.2, 0) is 14.3 Å². The van der Waals surface area contributed by atoms with Gasteiger partial charge in [0, 0.05) is 12.0 Å². The predicted molar refractivity (Wildman–Crippen MR) is 115 cm³/mol. The number of aliphatic carboxylic acids is 1. The van der Waals surface area contributed by atoms with E-state index < -0.39 is 36.0 Å². The van der Waals surface area contributed by atoms with E-state index in [1.807, 2.05) is 36.4 Å². The molecule has 7 heteroatoms. The lowest BCUT2D eigenvalue weighted by atomic mass is 9.98. The SMILES string of the molecule is C[C@@H](NC(=O)OCC1c2ccccc2-c2ccccc21)C(=O)NC1CCCC1C(=O)O. The molecule has 2 amide bonds. The van der Waals surface area contributed by atoms with Gasteiger partial charge in [0.2, 0.25) is 5.91 Å². The molecular weight excluding hydrogens is 396 g/mol. The zero-order valence-corrected chi connectivity index (χ0v) is 17.3. The Bertz CT molecular complexity index is 959. The highest BCUT2D eigenvalue weighted by atomic mass is 16.5. The molecule has 162 valence electrons. The summed E-state index contributed by atoms with van der Waals surface area (Å²) in [6, 6.07) is 14.9. The fraction of sp³-hybridized carbons (Fsp3) is 0.375. The summed E-state index contributed by atoms with van der Waals surface area (Å²) in [4.78, 5) is 36.0. The second kappa shape index (κ2) is 8.79. The maximum absolute atomic E-state index is 12.4. The van der Waals surface area contributed by atoms with Crippen molar-refractivity contribution in [3.8, 4) is 11.1 Å². The average molecular weight is 422 g/mol. The Morgan fingerprint density at radius 3 is 2.26 bits per heavy atom. The van der Waals surface area contributed by atoms with E-state index >= 15 is 0 Å². The molecule has 3 N–H and O–H groups in total. The first-order chi connectivity index (χ1) is 15.0. The Morgan fingerprint density at radius 2 is 1.65 bits per heavy atom. The van der Waals surface area contributed by atoms with Crippen LogP contribution < -0.4 is 10.6 Å². The van der Waals surface area contributed by atoms with Crippen molar-refractivity contribution >= 4 is 18.0 Å². The van der Waals surface area contributed by atoms with Gasteiger partial charge in [0.15, 0.2) is 0 Å². The second-order valence-electron chi connectivity index (χ2n) is 8.18. The third kappa shape index (κ3) is 4.26. The average Bonchev–Trinajstić information content (AvgIpc) is 3.35. The predicted octanol–water partition coefficient (Wildman–Crippen LogP) is 3.28. The van der Waals surface area contributed by atoms with E-state index in [0.29, 0.717) is 12.8 Å². The van der Waals surface area contributed by atoms with Gasteiger partial charge in [0.05, 0.1) is 5.92 Å². The summed E-state index contributed by atoms with van der Waals surface area (Å²) in [5, 5.41) is 14.6. The van der Waals surface area contributed by atoms with Crippen molar-refractivity contribution in [2.45, 2.75) is 44.2 Å². The minimum Gasteiger partial charge on any atom is -0.481 e. The number of carboxylic acid groups (broad SMARTS) is 1. The highest BCUT2D eigenvalue weighted by Crippen LogP contribution is 2.44. The zero-order chi connectivity index (χ0) is 22.0. The Balaban J connectivity index is 1.33. The summed E-state index contributed by atoms with van der Waals surface area (Å²) in [5.74, 6) is -1.95. The number of hydrogen-bond acceptors (Lipinski definition) is 4.